The monoisotopic (exact) mass is 218 g/mol. The van der Waals surface area contributed by atoms with E-state index in [1.807, 2.05) is 20.8 Å². The molecule has 0 bridgehead atoms. The van der Waals surface area contributed by atoms with E-state index in [0.29, 0.717) is 5.92 Å². The minimum absolute atomic E-state index is 0.0520. The third-order valence-corrected chi connectivity index (χ3v) is 3.02. The maximum absolute atomic E-state index is 5.73. The average molecular weight is 218 g/mol. The van der Waals surface area contributed by atoms with Gasteiger partial charge in [-0.05, 0) is 13.8 Å². The molecule has 0 amide bonds. The third-order valence-electron chi connectivity index (χ3n) is 3.02. The molecule has 1 saturated heterocycles. The highest BCUT2D eigenvalue weighted by Crippen LogP contribution is 2.28. The smallest absolute Gasteiger partial charge is 0.109 e. The van der Waals surface area contributed by atoms with Crippen LogP contribution in [-0.2, 0) is 14.2 Å². The highest BCUT2D eigenvalue weighted by atomic mass is 16.6. The summed E-state index contributed by atoms with van der Waals surface area (Å²) in [5.74, 6) is 0.381. The van der Waals surface area contributed by atoms with Crippen molar-refractivity contribution in [3.05, 3.63) is 0 Å². The van der Waals surface area contributed by atoms with Gasteiger partial charge in [0.25, 0.3) is 0 Å². The quantitative estimate of drug-likeness (QED) is 0.712. The molecule has 3 nitrogen and oxygen atoms in total. The summed E-state index contributed by atoms with van der Waals surface area (Å²) < 4.78 is 16.5. The Bertz CT molecular complexity index is 161. The second-order valence-corrected chi connectivity index (χ2v) is 3.81. The molecule has 0 saturated carbocycles. The number of methoxy groups -OCH3 is 2. The zero-order valence-corrected chi connectivity index (χ0v) is 11.1. The van der Waals surface area contributed by atoms with Crippen molar-refractivity contribution in [3.63, 3.8) is 0 Å². The lowest BCUT2D eigenvalue weighted by molar-refractivity contribution is -0.202. The Morgan fingerprint density at radius 3 is 1.67 bits per heavy atom. The fraction of sp³-hybridized carbons (Fsp3) is 1.00. The van der Waals surface area contributed by atoms with Crippen LogP contribution in [0.3, 0.4) is 0 Å². The predicted molar refractivity (Wildman–Crippen MR) is 62.1 cm³/mol. The fourth-order valence-electron chi connectivity index (χ4n) is 2.05. The molecule has 15 heavy (non-hydrogen) atoms. The van der Waals surface area contributed by atoms with E-state index in [1.54, 1.807) is 14.2 Å². The topological polar surface area (TPSA) is 27.7 Å². The SMILES string of the molecule is CC.CO[C@@H]1[C@H](C)[C@@H](C)O[C@@H](C)[C@@H]1OC. The Labute approximate surface area is 94.1 Å². The molecule has 0 unspecified atom stereocenters. The molecule has 0 aromatic rings. The second kappa shape index (κ2) is 7.20. The Balaban J connectivity index is 0.000000921. The van der Waals surface area contributed by atoms with Crippen LogP contribution in [0, 0.1) is 5.92 Å². The Morgan fingerprint density at radius 1 is 0.800 bits per heavy atom. The van der Waals surface area contributed by atoms with Gasteiger partial charge in [0.2, 0.25) is 0 Å². The van der Waals surface area contributed by atoms with Gasteiger partial charge in [-0.25, -0.2) is 0 Å². The van der Waals surface area contributed by atoms with Gasteiger partial charge < -0.3 is 14.2 Å². The van der Waals surface area contributed by atoms with Crippen LogP contribution in [0.2, 0.25) is 0 Å². The molecule has 92 valence electrons. The molecule has 0 spiro atoms. The molecule has 1 heterocycles. The van der Waals surface area contributed by atoms with E-state index in [9.17, 15) is 0 Å². The summed E-state index contributed by atoms with van der Waals surface area (Å²) >= 11 is 0. The van der Waals surface area contributed by atoms with Crippen LogP contribution >= 0.6 is 0 Å². The van der Waals surface area contributed by atoms with Gasteiger partial charge >= 0.3 is 0 Å². The van der Waals surface area contributed by atoms with Crippen molar-refractivity contribution in [3.8, 4) is 0 Å². The summed E-state index contributed by atoms with van der Waals surface area (Å²) in [6.07, 6.45) is 0.549. The van der Waals surface area contributed by atoms with E-state index in [2.05, 4.69) is 13.8 Å². The second-order valence-electron chi connectivity index (χ2n) is 3.81. The summed E-state index contributed by atoms with van der Waals surface area (Å²) in [6.45, 7) is 10.2. The van der Waals surface area contributed by atoms with Crippen molar-refractivity contribution in [2.75, 3.05) is 14.2 Å². The minimum atomic E-state index is 0.0520. The van der Waals surface area contributed by atoms with Crippen molar-refractivity contribution in [1.82, 2.24) is 0 Å². The first kappa shape index (κ1) is 14.9. The highest BCUT2D eigenvalue weighted by molar-refractivity contribution is 4.88. The van der Waals surface area contributed by atoms with E-state index >= 15 is 0 Å². The summed E-state index contributed by atoms with van der Waals surface area (Å²) in [7, 11) is 3.44. The highest BCUT2D eigenvalue weighted by Gasteiger charge is 2.40. The number of hydrogen-bond acceptors (Lipinski definition) is 3. The Hall–Kier alpha value is -0.120. The van der Waals surface area contributed by atoms with E-state index in [-0.39, 0.29) is 24.4 Å². The molecule has 1 aliphatic heterocycles. The van der Waals surface area contributed by atoms with Crippen molar-refractivity contribution in [1.29, 1.82) is 0 Å². The molecule has 5 atom stereocenters. The number of hydrogen-bond donors (Lipinski definition) is 0. The van der Waals surface area contributed by atoms with Gasteiger partial charge in [0, 0.05) is 20.1 Å². The molecule has 1 rings (SSSR count). The van der Waals surface area contributed by atoms with Gasteiger partial charge in [-0.15, -0.1) is 0 Å². The summed E-state index contributed by atoms with van der Waals surface area (Å²) in [5.41, 5.74) is 0. The van der Waals surface area contributed by atoms with E-state index in [0.717, 1.165) is 0 Å². The van der Waals surface area contributed by atoms with Crippen molar-refractivity contribution in [2.24, 2.45) is 5.92 Å². The van der Waals surface area contributed by atoms with Gasteiger partial charge in [-0.3, -0.25) is 0 Å². The van der Waals surface area contributed by atoms with Crippen LogP contribution in [0.4, 0.5) is 0 Å². The average Bonchev–Trinajstić information content (AvgIpc) is 2.25. The normalized spacial score (nSPS) is 40.6. The predicted octanol–water partition coefficient (Wildman–Crippen LogP) is 2.49. The number of ether oxygens (including phenoxy) is 3. The lowest BCUT2D eigenvalue weighted by atomic mass is 9.89. The standard InChI is InChI=1S/C10H20O3.C2H6/c1-6-7(2)13-8(3)10(12-5)9(6)11-4;1-2/h6-10H,1-5H3;1-2H3/t6-,7-,8+,9-,10+;/m1./s1. The zero-order valence-electron chi connectivity index (χ0n) is 11.1. The van der Waals surface area contributed by atoms with Crippen LogP contribution in [0.15, 0.2) is 0 Å². The maximum Gasteiger partial charge on any atom is 0.109 e. The summed E-state index contributed by atoms with van der Waals surface area (Å²) in [4.78, 5) is 0. The van der Waals surface area contributed by atoms with Crippen LogP contribution in [0.25, 0.3) is 0 Å². The van der Waals surface area contributed by atoms with Gasteiger partial charge in [0.15, 0.2) is 0 Å². The maximum atomic E-state index is 5.73. The summed E-state index contributed by atoms with van der Waals surface area (Å²) in [6, 6.07) is 0. The van der Waals surface area contributed by atoms with Crippen molar-refractivity contribution >= 4 is 0 Å². The first-order chi connectivity index (χ1) is 7.11. The van der Waals surface area contributed by atoms with E-state index < -0.39 is 0 Å². The van der Waals surface area contributed by atoms with E-state index in [4.69, 9.17) is 14.2 Å². The molecule has 0 N–H and O–H groups in total. The van der Waals surface area contributed by atoms with Crippen LogP contribution in [0.5, 0.6) is 0 Å². The van der Waals surface area contributed by atoms with E-state index in [1.165, 1.54) is 0 Å². The summed E-state index contributed by atoms with van der Waals surface area (Å²) in [5, 5.41) is 0. The van der Waals surface area contributed by atoms with Crippen molar-refractivity contribution < 1.29 is 14.2 Å². The first-order valence-corrected chi connectivity index (χ1v) is 5.82. The Kier molecular flexibility index (Phi) is 7.14. The van der Waals surface area contributed by atoms with Gasteiger partial charge in [-0.1, -0.05) is 20.8 Å². The van der Waals surface area contributed by atoms with Gasteiger partial charge in [0.05, 0.1) is 18.3 Å². The largest absolute Gasteiger partial charge is 0.378 e. The first-order valence-electron chi connectivity index (χ1n) is 5.82. The molecular formula is C12H26O3. The molecule has 1 aliphatic rings. The fourth-order valence-corrected chi connectivity index (χ4v) is 2.05. The lowest BCUT2D eigenvalue weighted by Gasteiger charge is -2.42. The van der Waals surface area contributed by atoms with Crippen LogP contribution < -0.4 is 0 Å². The van der Waals surface area contributed by atoms with Crippen LogP contribution in [-0.4, -0.2) is 38.6 Å². The molecule has 1 fully saturated rings. The molecule has 0 aromatic heterocycles. The van der Waals surface area contributed by atoms with Gasteiger partial charge in [-0.2, -0.15) is 0 Å². The molecular weight excluding hydrogens is 192 g/mol. The van der Waals surface area contributed by atoms with Crippen molar-refractivity contribution in [2.45, 2.75) is 59.0 Å². The zero-order chi connectivity index (χ0) is 12.0. The number of rotatable bonds is 2. The lowest BCUT2D eigenvalue weighted by Crippen LogP contribution is -2.53. The molecule has 0 aromatic carbocycles. The third kappa shape index (κ3) is 3.44. The minimum Gasteiger partial charge on any atom is -0.378 e. The molecule has 0 radical (unpaired) electrons. The molecule has 3 heteroatoms. The van der Waals surface area contributed by atoms with Gasteiger partial charge in [0.1, 0.15) is 6.10 Å². The molecule has 0 aliphatic carbocycles. The Morgan fingerprint density at radius 2 is 1.27 bits per heavy atom. The van der Waals surface area contributed by atoms with Crippen LogP contribution in [0.1, 0.15) is 34.6 Å².